The largest absolute Gasteiger partial charge is 0.324 e. The maximum absolute atomic E-state index is 14.3. The third-order valence-electron chi connectivity index (χ3n) is 3.77. The molecule has 3 aromatic heterocycles. The van der Waals surface area contributed by atoms with E-state index in [1.807, 2.05) is 13.0 Å². The summed E-state index contributed by atoms with van der Waals surface area (Å²) in [5.74, 6) is -0.404. The molecular formula is C18H11ClF2N6S. The summed E-state index contributed by atoms with van der Waals surface area (Å²) in [6.07, 6.45) is 2.43. The average molecular weight is 417 g/mol. The second-order valence-electron chi connectivity index (χ2n) is 5.60. The number of nitrogens with zero attached hydrogens (tertiary/aromatic N) is 5. The number of nitriles is 1. The van der Waals surface area contributed by atoms with Crippen molar-refractivity contribution in [3.63, 3.8) is 0 Å². The predicted octanol–water partition coefficient (Wildman–Crippen LogP) is 4.77. The van der Waals surface area contributed by atoms with Gasteiger partial charge in [0.05, 0.1) is 23.4 Å². The Morgan fingerprint density at radius 3 is 2.71 bits per heavy atom. The first-order valence-electron chi connectivity index (χ1n) is 7.76. The van der Waals surface area contributed by atoms with E-state index >= 15 is 0 Å². The monoisotopic (exact) mass is 416 g/mol. The van der Waals surface area contributed by atoms with Crippen molar-refractivity contribution in [1.82, 2.24) is 19.9 Å². The van der Waals surface area contributed by atoms with Crippen molar-refractivity contribution in [3.8, 4) is 16.6 Å². The minimum atomic E-state index is -0.633. The number of anilines is 2. The van der Waals surface area contributed by atoms with Crippen LogP contribution in [0, 0.1) is 29.9 Å². The molecule has 0 aliphatic heterocycles. The van der Waals surface area contributed by atoms with E-state index in [0.717, 1.165) is 23.2 Å². The lowest BCUT2D eigenvalue weighted by Crippen LogP contribution is -1.98. The second-order valence-corrected chi connectivity index (χ2v) is 6.59. The molecule has 10 heteroatoms. The number of hydrogen-bond acceptors (Lipinski definition) is 7. The molecule has 1 aromatic carbocycles. The van der Waals surface area contributed by atoms with Gasteiger partial charge in [0.1, 0.15) is 33.2 Å². The normalized spacial score (nSPS) is 10.4. The van der Waals surface area contributed by atoms with E-state index in [4.69, 9.17) is 0 Å². The number of halogens is 3. The van der Waals surface area contributed by atoms with Crippen LogP contribution in [0.4, 0.5) is 20.4 Å². The molecule has 0 aliphatic carbocycles. The summed E-state index contributed by atoms with van der Waals surface area (Å²) < 4.78 is 29.0. The third-order valence-corrected chi connectivity index (χ3v) is 4.85. The molecule has 0 amide bonds. The minimum Gasteiger partial charge on any atom is -0.324 e. The molecular weight excluding hydrogens is 406 g/mol. The molecule has 0 radical (unpaired) electrons. The number of nitrogens with one attached hydrogen (secondary N) is 1. The standard InChI is InChI=1S/C18H10F2N6S.ClH/c1-9-5-13(24-8-23-9)25-17-16-15(12(20)7-22-17)26-18(27-16)14-10(6-21)3-2-4-11(14)19;/h2-5,7-8H,1H3,(H,22,23,24,25);1H. The predicted molar refractivity (Wildman–Crippen MR) is 105 cm³/mol. The minimum absolute atomic E-state index is 0. The van der Waals surface area contributed by atoms with Gasteiger partial charge >= 0.3 is 0 Å². The Kier molecular flexibility index (Phi) is 5.44. The van der Waals surface area contributed by atoms with Crippen LogP contribution in [0.1, 0.15) is 11.3 Å². The zero-order valence-corrected chi connectivity index (χ0v) is 15.9. The van der Waals surface area contributed by atoms with Crippen LogP contribution in [-0.4, -0.2) is 19.9 Å². The number of thiazole rings is 1. The zero-order chi connectivity index (χ0) is 19.0. The van der Waals surface area contributed by atoms with Gasteiger partial charge in [-0.3, -0.25) is 0 Å². The summed E-state index contributed by atoms with van der Waals surface area (Å²) >= 11 is 1.05. The lowest BCUT2D eigenvalue weighted by molar-refractivity contribution is 0.629. The summed E-state index contributed by atoms with van der Waals surface area (Å²) in [4.78, 5) is 16.4. The van der Waals surface area contributed by atoms with Gasteiger partial charge in [0.25, 0.3) is 0 Å². The van der Waals surface area contributed by atoms with Gasteiger partial charge < -0.3 is 5.32 Å². The fourth-order valence-corrected chi connectivity index (χ4v) is 3.64. The molecule has 6 nitrogen and oxygen atoms in total. The molecule has 4 rings (SSSR count). The molecule has 0 saturated heterocycles. The van der Waals surface area contributed by atoms with E-state index in [2.05, 4.69) is 25.3 Å². The van der Waals surface area contributed by atoms with Crippen molar-refractivity contribution in [2.45, 2.75) is 6.92 Å². The second kappa shape index (κ2) is 7.80. The Labute approximate surface area is 168 Å². The van der Waals surface area contributed by atoms with Gasteiger partial charge in [-0.05, 0) is 19.1 Å². The highest BCUT2D eigenvalue weighted by atomic mass is 35.5. The van der Waals surface area contributed by atoms with Gasteiger partial charge in [-0.2, -0.15) is 5.26 Å². The molecule has 0 saturated carbocycles. The maximum Gasteiger partial charge on any atom is 0.168 e. The van der Waals surface area contributed by atoms with Crippen molar-refractivity contribution in [2.24, 2.45) is 0 Å². The number of fused-ring (bicyclic) bond motifs is 1. The number of hydrogen-bond donors (Lipinski definition) is 1. The van der Waals surface area contributed by atoms with Gasteiger partial charge in [-0.1, -0.05) is 6.07 Å². The van der Waals surface area contributed by atoms with E-state index < -0.39 is 11.6 Å². The van der Waals surface area contributed by atoms with Gasteiger partial charge in [-0.25, -0.2) is 28.7 Å². The molecule has 140 valence electrons. The topological polar surface area (TPSA) is 87.4 Å². The highest BCUT2D eigenvalue weighted by Crippen LogP contribution is 2.37. The molecule has 0 spiro atoms. The summed E-state index contributed by atoms with van der Waals surface area (Å²) in [7, 11) is 0. The molecule has 0 aliphatic rings. The van der Waals surface area contributed by atoms with E-state index in [1.165, 1.54) is 24.5 Å². The smallest absolute Gasteiger partial charge is 0.168 e. The number of pyridine rings is 1. The van der Waals surface area contributed by atoms with Crippen molar-refractivity contribution in [1.29, 1.82) is 5.26 Å². The van der Waals surface area contributed by atoms with E-state index in [9.17, 15) is 14.0 Å². The highest BCUT2D eigenvalue weighted by molar-refractivity contribution is 7.22. The Balaban J connectivity index is 0.00000225. The molecule has 0 bridgehead atoms. The van der Waals surface area contributed by atoms with Crippen LogP contribution >= 0.6 is 23.7 Å². The first-order chi connectivity index (χ1) is 13.1. The summed E-state index contributed by atoms with van der Waals surface area (Å²) in [6.45, 7) is 1.81. The van der Waals surface area contributed by atoms with Gasteiger partial charge in [0, 0.05) is 11.8 Å². The number of aromatic nitrogens is 4. The van der Waals surface area contributed by atoms with Crippen LogP contribution in [0.25, 0.3) is 20.8 Å². The van der Waals surface area contributed by atoms with Gasteiger partial charge in [0.2, 0.25) is 0 Å². The summed E-state index contributed by atoms with van der Waals surface area (Å²) in [5, 5.41) is 12.5. The lowest BCUT2D eigenvalue weighted by atomic mass is 10.1. The van der Waals surface area contributed by atoms with Crippen molar-refractivity contribution >= 4 is 45.6 Å². The number of rotatable bonds is 3. The third kappa shape index (κ3) is 3.47. The van der Waals surface area contributed by atoms with Crippen molar-refractivity contribution < 1.29 is 8.78 Å². The molecule has 1 N–H and O–H groups in total. The van der Waals surface area contributed by atoms with Crippen LogP contribution in [0.3, 0.4) is 0 Å². The van der Waals surface area contributed by atoms with Crippen LogP contribution in [0.5, 0.6) is 0 Å². The maximum atomic E-state index is 14.3. The zero-order valence-electron chi connectivity index (χ0n) is 14.3. The Morgan fingerprint density at radius 1 is 1.14 bits per heavy atom. The average Bonchev–Trinajstić information content (AvgIpc) is 3.10. The first-order valence-corrected chi connectivity index (χ1v) is 8.58. The van der Waals surface area contributed by atoms with E-state index in [-0.39, 0.29) is 34.1 Å². The van der Waals surface area contributed by atoms with Crippen LogP contribution in [0.2, 0.25) is 0 Å². The van der Waals surface area contributed by atoms with Gasteiger partial charge in [0.15, 0.2) is 11.6 Å². The number of aryl methyl sites for hydroxylation is 1. The first kappa shape index (κ1) is 19.5. The lowest BCUT2D eigenvalue weighted by Gasteiger charge is -2.05. The summed E-state index contributed by atoms with van der Waals surface area (Å²) in [6, 6.07) is 7.82. The Hall–Kier alpha value is -3.22. The summed E-state index contributed by atoms with van der Waals surface area (Å²) in [5.41, 5.74) is 0.971. The quantitative estimate of drug-likeness (QED) is 0.517. The molecule has 4 aromatic rings. The van der Waals surface area contributed by atoms with E-state index in [1.54, 1.807) is 6.07 Å². The molecule has 0 atom stereocenters. The van der Waals surface area contributed by atoms with E-state index in [0.29, 0.717) is 16.3 Å². The Bertz CT molecular complexity index is 1220. The fraction of sp³-hybridized carbons (Fsp3) is 0.0556. The SMILES string of the molecule is Cc1cc(Nc2ncc(F)c3nc(-c4c(F)cccc4C#N)sc23)ncn1.Cl. The Morgan fingerprint density at radius 2 is 1.96 bits per heavy atom. The molecule has 28 heavy (non-hydrogen) atoms. The molecule has 0 fully saturated rings. The van der Waals surface area contributed by atoms with Crippen LogP contribution in [-0.2, 0) is 0 Å². The molecule has 3 heterocycles. The highest BCUT2D eigenvalue weighted by Gasteiger charge is 2.19. The van der Waals surface area contributed by atoms with Crippen molar-refractivity contribution in [2.75, 3.05) is 5.32 Å². The van der Waals surface area contributed by atoms with Crippen LogP contribution < -0.4 is 5.32 Å². The molecule has 0 unspecified atom stereocenters. The van der Waals surface area contributed by atoms with Gasteiger partial charge in [-0.15, -0.1) is 23.7 Å². The van der Waals surface area contributed by atoms with Crippen molar-refractivity contribution in [3.05, 3.63) is 59.7 Å². The van der Waals surface area contributed by atoms with Crippen LogP contribution in [0.15, 0.2) is 36.8 Å². The fourth-order valence-electron chi connectivity index (χ4n) is 2.56. The number of benzene rings is 1.